The third-order valence-corrected chi connectivity index (χ3v) is 1.08. The summed E-state index contributed by atoms with van der Waals surface area (Å²) in [6.07, 6.45) is 1.39. The molecule has 0 spiro atoms. The monoisotopic (exact) mass is 142 g/mol. The fourth-order valence-electron chi connectivity index (χ4n) is 0.581. The number of nitrogens with zero attached hydrogens (tertiary/aromatic N) is 1. The van der Waals surface area contributed by atoms with Crippen LogP contribution in [-0.2, 0) is 0 Å². The van der Waals surface area contributed by atoms with Gasteiger partial charge in [-0.1, -0.05) is 0 Å². The minimum atomic E-state index is -0.606. The van der Waals surface area contributed by atoms with E-state index in [9.17, 15) is 4.39 Å². The number of aromatic nitrogens is 1. The van der Waals surface area contributed by atoms with Gasteiger partial charge in [0.25, 0.3) is 5.88 Å². The number of anilines is 1. The summed E-state index contributed by atoms with van der Waals surface area (Å²) in [6, 6.07) is 1.37. The summed E-state index contributed by atoms with van der Waals surface area (Å²) in [7, 11) is 1.34. The van der Waals surface area contributed by atoms with Crippen molar-refractivity contribution in [1.29, 1.82) is 0 Å². The van der Waals surface area contributed by atoms with Gasteiger partial charge in [0.2, 0.25) is 5.82 Å². The Balaban J connectivity index is 3.14. The number of pyridine rings is 1. The zero-order chi connectivity index (χ0) is 7.56. The number of methoxy groups -OCH3 is 1. The molecule has 0 saturated carbocycles. The highest BCUT2D eigenvalue weighted by Crippen LogP contribution is 2.17. The van der Waals surface area contributed by atoms with Gasteiger partial charge in [0.1, 0.15) is 0 Å². The van der Waals surface area contributed by atoms with Crippen molar-refractivity contribution in [2.45, 2.75) is 0 Å². The van der Waals surface area contributed by atoms with Gasteiger partial charge < -0.3 is 10.5 Å². The van der Waals surface area contributed by atoms with Crippen LogP contribution in [0.25, 0.3) is 0 Å². The Morgan fingerprint density at radius 2 is 2.40 bits per heavy atom. The first kappa shape index (κ1) is 6.80. The van der Waals surface area contributed by atoms with E-state index in [4.69, 9.17) is 5.73 Å². The molecule has 1 rings (SSSR count). The second-order valence-electron chi connectivity index (χ2n) is 1.72. The zero-order valence-corrected chi connectivity index (χ0v) is 5.47. The van der Waals surface area contributed by atoms with Crippen LogP contribution >= 0.6 is 0 Å². The third kappa shape index (κ3) is 1.00. The maximum Gasteiger partial charge on any atom is 0.252 e. The summed E-state index contributed by atoms with van der Waals surface area (Å²) in [6.45, 7) is 0. The molecule has 0 saturated heterocycles. The molecule has 0 aliphatic heterocycles. The number of halogens is 1. The number of hydrogen-bond donors (Lipinski definition) is 1. The van der Waals surface area contributed by atoms with Crippen LogP contribution in [0.2, 0.25) is 0 Å². The van der Waals surface area contributed by atoms with Gasteiger partial charge in [-0.3, -0.25) is 0 Å². The van der Waals surface area contributed by atoms with E-state index in [1.165, 1.54) is 19.4 Å². The molecule has 1 aromatic heterocycles. The molecule has 0 unspecified atom stereocenters. The fraction of sp³-hybridized carbons (Fsp3) is 0.167. The second kappa shape index (κ2) is 2.51. The highest BCUT2D eigenvalue weighted by atomic mass is 19.1. The molecule has 1 aromatic rings. The minimum absolute atomic E-state index is 0.0480. The van der Waals surface area contributed by atoms with Gasteiger partial charge in [-0.05, 0) is 6.07 Å². The van der Waals surface area contributed by atoms with Crippen molar-refractivity contribution in [3.05, 3.63) is 18.1 Å². The highest BCUT2D eigenvalue weighted by molar-refractivity contribution is 5.41. The molecule has 0 aliphatic rings. The number of hydrogen-bond acceptors (Lipinski definition) is 3. The van der Waals surface area contributed by atoms with Crippen LogP contribution in [0.1, 0.15) is 0 Å². The predicted molar refractivity (Wildman–Crippen MR) is 35.2 cm³/mol. The lowest BCUT2D eigenvalue weighted by Crippen LogP contribution is -1.96. The van der Waals surface area contributed by atoms with Crippen molar-refractivity contribution < 1.29 is 9.13 Å². The molecule has 0 aromatic carbocycles. The first-order chi connectivity index (χ1) is 4.75. The van der Waals surface area contributed by atoms with Crippen molar-refractivity contribution in [3.8, 4) is 5.88 Å². The molecule has 4 heteroatoms. The molecule has 0 fully saturated rings. The van der Waals surface area contributed by atoms with Crippen molar-refractivity contribution in [3.63, 3.8) is 0 Å². The van der Waals surface area contributed by atoms with E-state index in [2.05, 4.69) is 9.72 Å². The largest absolute Gasteiger partial charge is 0.479 e. The van der Waals surface area contributed by atoms with Crippen LogP contribution in [0.15, 0.2) is 12.3 Å². The SMILES string of the molecule is COc1nccc(N)c1F. The lowest BCUT2D eigenvalue weighted by atomic mass is 10.4. The summed E-state index contributed by atoms with van der Waals surface area (Å²) in [5, 5.41) is 0. The lowest BCUT2D eigenvalue weighted by Gasteiger charge is -2.00. The Morgan fingerprint density at radius 3 is 2.90 bits per heavy atom. The summed E-state index contributed by atoms with van der Waals surface area (Å²) < 4.78 is 17.2. The van der Waals surface area contributed by atoms with E-state index in [0.717, 1.165) is 0 Å². The Labute approximate surface area is 57.6 Å². The van der Waals surface area contributed by atoms with Crippen LogP contribution in [0.5, 0.6) is 5.88 Å². The molecule has 0 atom stereocenters. The third-order valence-electron chi connectivity index (χ3n) is 1.08. The molecule has 0 radical (unpaired) electrons. The van der Waals surface area contributed by atoms with Crippen LogP contribution < -0.4 is 10.5 Å². The van der Waals surface area contributed by atoms with Crippen molar-refractivity contribution in [2.75, 3.05) is 12.8 Å². The van der Waals surface area contributed by atoms with Gasteiger partial charge in [0.05, 0.1) is 12.8 Å². The van der Waals surface area contributed by atoms with Crippen LogP contribution in [-0.4, -0.2) is 12.1 Å². The van der Waals surface area contributed by atoms with Gasteiger partial charge in [-0.15, -0.1) is 0 Å². The summed E-state index contributed by atoms with van der Waals surface area (Å²) in [5.41, 5.74) is 5.25. The number of rotatable bonds is 1. The van der Waals surface area contributed by atoms with E-state index >= 15 is 0 Å². The Kier molecular flexibility index (Phi) is 1.71. The molecule has 54 valence electrons. The molecule has 0 amide bonds. The van der Waals surface area contributed by atoms with E-state index in [0.29, 0.717) is 0 Å². The van der Waals surface area contributed by atoms with E-state index in [1.54, 1.807) is 0 Å². The molecular weight excluding hydrogens is 135 g/mol. The second-order valence-corrected chi connectivity index (χ2v) is 1.72. The Hall–Kier alpha value is -1.32. The topological polar surface area (TPSA) is 48.1 Å². The minimum Gasteiger partial charge on any atom is -0.479 e. The van der Waals surface area contributed by atoms with Crippen molar-refractivity contribution in [1.82, 2.24) is 4.98 Å². The molecule has 0 bridgehead atoms. The van der Waals surface area contributed by atoms with E-state index < -0.39 is 5.82 Å². The lowest BCUT2D eigenvalue weighted by molar-refractivity contribution is 0.370. The summed E-state index contributed by atoms with van der Waals surface area (Å²) in [4.78, 5) is 3.58. The highest BCUT2D eigenvalue weighted by Gasteiger charge is 2.04. The summed E-state index contributed by atoms with van der Waals surface area (Å²) in [5.74, 6) is -0.676. The van der Waals surface area contributed by atoms with Crippen LogP contribution in [0.4, 0.5) is 10.1 Å². The maximum atomic E-state index is 12.7. The molecule has 1 heterocycles. The van der Waals surface area contributed by atoms with Gasteiger partial charge in [0.15, 0.2) is 0 Å². The average molecular weight is 142 g/mol. The van der Waals surface area contributed by atoms with Crippen molar-refractivity contribution >= 4 is 5.69 Å². The number of ether oxygens (including phenoxy) is 1. The smallest absolute Gasteiger partial charge is 0.252 e. The normalized spacial score (nSPS) is 9.40. The van der Waals surface area contributed by atoms with E-state index in [-0.39, 0.29) is 11.6 Å². The first-order valence-electron chi connectivity index (χ1n) is 2.69. The zero-order valence-electron chi connectivity index (χ0n) is 5.47. The van der Waals surface area contributed by atoms with Crippen molar-refractivity contribution in [2.24, 2.45) is 0 Å². The van der Waals surface area contributed by atoms with Gasteiger partial charge in [0, 0.05) is 6.20 Å². The Bertz CT molecular complexity index is 239. The van der Waals surface area contributed by atoms with E-state index in [1.807, 2.05) is 0 Å². The van der Waals surface area contributed by atoms with Crippen LogP contribution in [0.3, 0.4) is 0 Å². The molecule has 2 N–H and O–H groups in total. The number of nitrogen functional groups attached to an aromatic ring is 1. The van der Waals surface area contributed by atoms with Gasteiger partial charge in [-0.2, -0.15) is 4.39 Å². The molecule has 3 nitrogen and oxygen atoms in total. The standard InChI is InChI=1S/C6H7FN2O/c1-10-6-5(7)4(8)2-3-9-6/h2-3H,1H3,(H2,8,9). The quantitative estimate of drug-likeness (QED) is 0.631. The first-order valence-corrected chi connectivity index (χ1v) is 2.69. The molecular formula is C6H7FN2O. The van der Waals surface area contributed by atoms with Gasteiger partial charge >= 0.3 is 0 Å². The van der Waals surface area contributed by atoms with Crippen LogP contribution in [0, 0.1) is 5.82 Å². The summed E-state index contributed by atoms with van der Waals surface area (Å²) >= 11 is 0. The number of nitrogens with two attached hydrogens (primary N) is 1. The maximum absolute atomic E-state index is 12.7. The predicted octanol–water partition coefficient (Wildman–Crippen LogP) is 0.811. The molecule has 10 heavy (non-hydrogen) atoms. The fourth-order valence-corrected chi connectivity index (χ4v) is 0.581. The molecule has 0 aliphatic carbocycles. The average Bonchev–Trinajstić information content (AvgIpc) is 1.95. The Morgan fingerprint density at radius 1 is 1.70 bits per heavy atom. The van der Waals surface area contributed by atoms with Gasteiger partial charge in [-0.25, -0.2) is 4.98 Å².